The summed E-state index contributed by atoms with van der Waals surface area (Å²) in [6.45, 7) is 0.420. The van der Waals surface area contributed by atoms with E-state index in [-0.39, 0.29) is 17.9 Å². The van der Waals surface area contributed by atoms with Gasteiger partial charge in [-0.3, -0.25) is 0 Å². The van der Waals surface area contributed by atoms with Crippen LogP contribution in [-0.2, 0) is 11.3 Å². The van der Waals surface area contributed by atoms with Crippen molar-refractivity contribution in [3.63, 3.8) is 0 Å². The minimum Gasteiger partial charge on any atom is -0.507 e. The lowest BCUT2D eigenvalue weighted by Crippen LogP contribution is -2.08. The minimum absolute atomic E-state index is 0.0811. The average Bonchev–Trinajstić information content (AvgIpc) is 2.58. The molecule has 0 bridgehead atoms. The number of phenols is 1. The number of carbonyl (C=O) groups excluding carboxylic acids is 1. The highest BCUT2D eigenvalue weighted by Crippen LogP contribution is 2.29. The van der Waals surface area contributed by atoms with Gasteiger partial charge >= 0.3 is 5.97 Å². The summed E-state index contributed by atoms with van der Waals surface area (Å²) in [5.41, 5.74) is 6.87. The Morgan fingerprint density at radius 1 is 1.29 bits per heavy atom. The van der Waals surface area contributed by atoms with Crippen molar-refractivity contribution in [2.24, 2.45) is 5.73 Å². The molecular weight excluding hydrogens is 374 g/mol. The molecule has 0 aliphatic heterocycles. The van der Waals surface area contributed by atoms with Gasteiger partial charge in [0.1, 0.15) is 23.7 Å². The largest absolute Gasteiger partial charge is 0.507 e. The van der Waals surface area contributed by atoms with Gasteiger partial charge in [-0.1, -0.05) is 40.2 Å². The lowest BCUT2D eigenvalue weighted by Gasteiger charge is -2.11. The van der Waals surface area contributed by atoms with Gasteiger partial charge in [0.05, 0.1) is 7.11 Å². The van der Waals surface area contributed by atoms with Crippen LogP contribution in [0.25, 0.3) is 6.08 Å². The van der Waals surface area contributed by atoms with E-state index in [1.807, 2.05) is 24.3 Å². The van der Waals surface area contributed by atoms with Gasteiger partial charge in [0.25, 0.3) is 0 Å². The second-order valence-corrected chi connectivity index (χ2v) is 5.87. The van der Waals surface area contributed by atoms with Crippen molar-refractivity contribution in [2.45, 2.75) is 6.61 Å². The van der Waals surface area contributed by atoms with Crippen LogP contribution in [0.4, 0.5) is 0 Å². The van der Waals surface area contributed by atoms with E-state index in [4.69, 9.17) is 15.2 Å². The predicted molar refractivity (Wildman–Crippen MR) is 96.0 cm³/mol. The molecule has 24 heavy (non-hydrogen) atoms. The van der Waals surface area contributed by atoms with Gasteiger partial charge in [-0.05, 0) is 29.3 Å². The van der Waals surface area contributed by atoms with Crippen LogP contribution < -0.4 is 10.5 Å². The fourth-order valence-corrected chi connectivity index (χ4v) is 2.35. The first-order chi connectivity index (χ1) is 11.5. The number of phenolic OH excluding ortho intramolecular Hbond substituents is 1. The van der Waals surface area contributed by atoms with E-state index in [1.165, 1.54) is 13.2 Å². The number of halogens is 1. The third-order valence-electron chi connectivity index (χ3n) is 3.28. The quantitative estimate of drug-likeness (QED) is 0.736. The highest BCUT2D eigenvalue weighted by Gasteiger charge is 2.18. The maximum atomic E-state index is 12.4. The number of methoxy groups -OCH3 is 1. The van der Waals surface area contributed by atoms with Gasteiger partial charge in [-0.2, -0.15) is 0 Å². The first-order valence-electron chi connectivity index (χ1n) is 7.24. The molecule has 0 heterocycles. The van der Waals surface area contributed by atoms with Gasteiger partial charge in [-0.25, -0.2) is 4.79 Å². The van der Waals surface area contributed by atoms with Crippen LogP contribution in [0, 0.1) is 0 Å². The third-order valence-corrected chi connectivity index (χ3v) is 3.81. The summed E-state index contributed by atoms with van der Waals surface area (Å²) < 4.78 is 11.4. The molecule has 0 spiro atoms. The lowest BCUT2D eigenvalue weighted by atomic mass is 10.0. The standard InChI is InChI=1S/C18H18BrNO4/c1-23-15-9-13(3-2-8-20)17(16(21)10-15)18(22)24-11-12-4-6-14(19)7-5-12/h2-7,9-10,21H,8,11,20H2,1H3. The third kappa shape index (κ3) is 4.59. The average molecular weight is 392 g/mol. The Morgan fingerprint density at radius 2 is 2.00 bits per heavy atom. The van der Waals surface area contributed by atoms with E-state index in [9.17, 15) is 9.90 Å². The zero-order chi connectivity index (χ0) is 17.5. The zero-order valence-electron chi connectivity index (χ0n) is 13.2. The van der Waals surface area contributed by atoms with Gasteiger partial charge in [0.15, 0.2) is 0 Å². The molecule has 0 radical (unpaired) electrons. The molecule has 0 fully saturated rings. The van der Waals surface area contributed by atoms with Gasteiger partial charge in [0, 0.05) is 17.1 Å². The molecule has 6 heteroatoms. The summed E-state index contributed by atoms with van der Waals surface area (Å²) in [5.74, 6) is -0.379. The summed E-state index contributed by atoms with van der Waals surface area (Å²) in [6, 6.07) is 10.4. The Balaban J connectivity index is 2.23. The number of aromatic hydroxyl groups is 1. The molecule has 0 aliphatic rings. The number of ether oxygens (including phenoxy) is 2. The lowest BCUT2D eigenvalue weighted by molar-refractivity contribution is 0.0469. The Bertz CT molecular complexity index is 741. The molecule has 3 N–H and O–H groups in total. The second-order valence-electron chi connectivity index (χ2n) is 4.95. The topological polar surface area (TPSA) is 81.8 Å². The highest BCUT2D eigenvalue weighted by molar-refractivity contribution is 9.10. The van der Waals surface area contributed by atoms with Crippen LogP contribution in [-0.4, -0.2) is 24.7 Å². The van der Waals surface area contributed by atoms with Gasteiger partial charge in [-0.15, -0.1) is 0 Å². The van der Waals surface area contributed by atoms with Crippen LogP contribution in [0.5, 0.6) is 11.5 Å². The van der Waals surface area contributed by atoms with Crippen LogP contribution >= 0.6 is 15.9 Å². The van der Waals surface area contributed by atoms with Crippen molar-refractivity contribution in [3.8, 4) is 11.5 Å². The first kappa shape index (κ1) is 18.0. The Morgan fingerprint density at radius 3 is 2.62 bits per heavy atom. The molecule has 0 saturated heterocycles. The van der Waals surface area contributed by atoms with Crippen molar-refractivity contribution in [3.05, 3.63) is 63.6 Å². The molecule has 0 aliphatic carbocycles. The molecule has 2 aromatic carbocycles. The smallest absolute Gasteiger partial charge is 0.342 e. The molecule has 126 valence electrons. The van der Waals surface area contributed by atoms with E-state index >= 15 is 0 Å². The van der Waals surface area contributed by atoms with E-state index in [2.05, 4.69) is 15.9 Å². The van der Waals surface area contributed by atoms with Crippen molar-refractivity contribution < 1.29 is 19.4 Å². The predicted octanol–water partition coefficient (Wildman–Crippen LogP) is 3.49. The number of esters is 1. The summed E-state index contributed by atoms with van der Waals surface area (Å²) in [6.07, 6.45) is 3.33. The molecular formula is C18H18BrNO4. The first-order valence-corrected chi connectivity index (χ1v) is 8.03. The summed E-state index contributed by atoms with van der Waals surface area (Å²) >= 11 is 3.35. The Labute approximate surface area is 148 Å². The SMILES string of the molecule is COc1cc(O)c(C(=O)OCc2ccc(Br)cc2)c(C=CCN)c1. The van der Waals surface area contributed by atoms with Crippen molar-refractivity contribution in [1.82, 2.24) is 0 Å². The van der Waals surface area contributed by atoms with Crippen LogP contribution in [0.2, 0.25) is 0 Å². The number of nitrogens with two attached hydrogens (primary N) is 1. The number of rotatable bonds is 6. The zero-order valence-corrected chi connectivity index (χ0v) is 14.7. The highest BCUT2D eigenvalue weighted by atomic mass is 79.9. The summed E-state index contributed by atoms with van der Waals surface area (Å²) in [4.78, 5) is 12.4. The molecule has 0 atom stereocenters. The maximum Gasteiger partial charge on any atom is 0.342 e. The molecule has 0 aromatic heterocycles. The normalized spacial score (nSPS) is 10.8. The van der Waals surface area contributed by atoms with Gasteiger partial charge in [0.2, 0.25) is 0 Å². The minimum atomic E-state index is -0.616. The van der Waals surface area contributed by atoms with E-state index in [1.54, 1.807) is 18.2 Å². The Kier molecular flexibility index (Phi) is 6.40. The number of hydrogen-bond donors (Lipinski definition) is 2. The fourth-order valence-electron chi connectivity index (χ4n) is 2.09. The van der Waals surface area contributed by atoms with Gasteiger partial charge < -0.3 is 20.3 Å². The molecule has 2 aromatic rings. The second kappa shape index (κ2) is 8.52. The Hall–Kier alpha value is -2.31. The number of benzene rings is 2. The van der Waals surface area contributed by atoms with E-state index < -0.39 is 5.97 Å². The van der Waals surface area contributed by atoms with Crippen LogP contribution in [0.3, 0.4) is 0 Å². The molecule has 0 unspecified atom stereocenters. The van der Waals surface area contributed by atoms with Crippen molar-refractivity contribution in [2.75, 3.05) is 13.7 Å². The molecule has 0 saturated carbocycles. The van der Waals surface area contributed by atoms with E-state index in [0.717, 1.165) is 10.0 Å². The fraction of sp³-hybridized carbons (Fsp3) is 0.167. The number of carbonyl (C=O) groups is 1. The molecule has 5 nitrogen and oxygen atoms in total. The van der Waals surface area contributed by atoms with Crippen molar-refractivity contribution >= 4 is 28.0 Å². The summed E-state index contributed by atoms with van der Waals surface area (Å²) in [7, 11) is 1.48. The molecule has 2 rings (SSSR count). The number of hydrogen-bond acceptors (Lipinski definition) is 5. The van der Waals surface area contributed by atoms with Crippen molar-refractivity contribution in [1.29, 1.82) is 0 Å². The summed E-state index contributed by atoms with van der Waals surface area (Å²) in [5, 5.41) is 10.2. The molecule has 0 amide bonds. The monoisotopic (exact) mass is 391 g/mol. The van der Waals surface area contributed by atoms with Crippen LogP contribution in [0.15, 0.2) is 46.9 Å². The van der Waals surface area contributed by atoms with E-state index in [0.29, 0.717) is 17.9 Å². The van der Waals surface area contributed by atoms with Crippen LogP contribution in [0.1, 0.15) is 21.5 Å². The maximum absolute atomic E-state index is 12.4.